The minimum Gasteiger partial charge on any atom is -0.458 e. The monoisotopic (exact) mass is 264 g/mol. The Balaban J connectivity index is 2.24. The summed E-state index contributed by atoms with van der Waals surface area (Å²) >= 11 is 5.84. The predicted octanol–water partition coefficient (Wildman–Crippen LogP) is 4.28. The zero-order valence-corrected chi connectivity index (χ0v) is 10.4. The Morgan fingerprint density at radius 3 is 2.72 bits per heavy atom. The first kappa shape index (κ1) is 12.6. The highest BCUT2D eigenvalue weighted by Gasteiger charge is 2.08. The van der Waals surface area contributed by atoms with Crippen LogP contribution in [0.25, 0.3) is 6.08 Å². The average Bonchev–Trinajstić information content (AvgIpc) is 2.75. The van der Waals surface area contributed by atoms with Crippen LogP contribution in [0.4, 0.5) is 4.39 Å². The van der Waals surface area contributed by atoms with Crippen LogP contribution in [-0.2, 0) is 0 Å². The van der Waals surface area contributed by atoms with Gasteiger partial charge in [-0.15, -0.1) is 0 Å². The molecule has 2 nitrogen and oxygen atoms in total. The molecule has 0 bridgehead atoms. The first-order chi connectivity index (χ1) is 8.58. The van der Waals surface area contributed by atoms with E-state index < -0.39 is 5.82 Å². The molecular formula is C14H10ClFO2. The molecule has 0 amide bonds. The predicted molar refractivity (Wildman–Crippen MR) is 68.2 cm³/mol. The van der Waals surface area contributed by atoms with Crippen molar-refractivity contribution in [3.05, 3.63) is 64.3 Å². The summed E-state index contributed by atoms with van der Waals surface area (Å²) in [5.74, 6) is 0.0662. The largest absolute Gasteiger partial charge is 0.458 e. The van der Waals surface area contributed by atoms with E-state index in [2.05, 4.69) is 0 Å². The van der Waals surface area contributed by atoms with E-state index in [1.54, 1.807) is 25.1 Å². The summed E-state index contributed by atoms with van der Waals surface area (Å²) in [6, 6.07) is 7.62. The quantitative estimate of drug-likeness (QED) is 0.612. The van der Waals surface area contributed by atoms with E-state index in [-0.39, 0.29) is 22.1 Å². The topological polar surface area (TPSA) is 30.2 Å². The van der Waals surface area contributed by atoms with Crippen molar-refractivity contribution in [1.29, 1.82) is 0 Å². The normalized spacial score (nSPS) is 11.1. The van der Waals surface area contributed by atoms with Crippen LogP contribution in [0.3, 0.4) is 0 Å². The molecule has 0 radical (unpaired) electrons. The number of aryl methyl sites for hydroxylation is 1. The van der Waals surface area contributed by atoms with Crippen LogP contribution in [0, 0.1) is 12.7 Å². The molecule has 0 unspecified atom stereocenters. The second-order valence-electron chi connectivity index (χ2n) is 3.74. The number of carbonyl (C=O) groups excluding carboxylic acids is 1. The molecule has 0 N–H and O–H groups in total. The molecular weight excluding hydrogens is 255 g/mol. The van der Waals surface area contributed by atoms with Crippen LogP contribution in [0.5, 0.6) is 0 Å². The highest BCUT2D eigenvalue weighted by molar-refractivity contribution is 6.32. The van der Waals surface area contributed by atoms with E-state index in [0.29, 0.717) is 5.76 Å². The Morgan fingerprint density at radius 2 is 2.11 bits per heavy atom. The Morgan fingerprint density at radius 1 is 1.33 bits per heavy atom. The lowest BCUT2D eigenvalue weighted by atomic mass is 10.1. The minimum absolute atomic E-state index is 0.191. The third kappa shape index (κ3) is 2.68. The molecule has 0 aliphatic heterocycles. The highest BCUT2D eigenvalue weighted by atomic mass is 35.5. The number of furan rings is 1. The molecule has 0 fully saturated rings. The van der Waals surface area contributed by atoms with Gasteiger partial charge in [0.1, 0.15) is 11.6 Å². The number of benzene rings is 1. The maximum absolute atomic E-state index is 13.4. The van der Waals surface area contributed by atoms with E-state index in [1.807, 2.05) is 0 Å². The third-order valence-corrected chi connectivity index (χ3v) is 2.71. The number of rotatable bonds is 3. The van der Waals surface area contributed by atoms with Gasteiger partial charge in [-0.2, -0.15) is 0 Å². The summed E-state index contributed by atoms with van der Waals surface area (Å²) in [5, 5.41) is 0.259. The number of hydrogen-bond donors (Lipinski definition) is 0. The molecule has 0 saturated heterocycles. The van der Waals surface area contributed by atoms with Crippen LogP contribution in [0.1, 0.15) is 21.9 Å². The number of hydrogen-bond acceptors (Lipinski definition) is 2. The number of ketones is 1. The fourth-order valence-corrected chi connectivity index (χ4v) is 1.70. The van der Waals surface area contributed by atoms with Crippen molar-refractivity contribution in [1.82, 2.24) is 0 Å². The molecule has 92 valence electrons. The van der Waals surface area contributed by atoms with Crippen molar-refractivity contribution >= 4 is 23.5 Å². The molecule has 0 saturated carbocycles. The third-order valence-electron chi connectivity index (χ3n) is 2.38. The van der Waals surface area contributed by atoms with Crippen molar-refractivity contribution in [3.63, 3.8) is 0 Å². The Labute approximate surface area is 109 Å². The maximum Gasteiger partial charge on any atom is 0.221 e. The summed E-state index contributed by atoms with van der Waals surface area (Å²) in [6.45, 7) is 1.74. The van der Waals surface area contributed by atoms with Gasteiger partial charge in [-0.1, -0.05) is 17.7 Å². The van der Waals surface area contributed by atoms with Gasteiger partial charge in [0.25, 0.3) is 0 Å². The maximum atomic E-state index is 13.4. The first-order valence-corrected chi connectivity index (χ1v) is 5.68. The second kappa shape index (κ2) is 5.19. The van der Waals surface area contributed by atoms with Crippen LogP contribution >= 0.6 is 11.6 Å². The van der Waals surface area contributed by atoms with E-state index >= 15 is 0 Å². The van der Waals surface area contributed by atoms with E-state index in [9.17, 15) is 9.18 Å². The van der Waals surface area contributed by atoms with Crippen LogP contribution < -0.4 is 0 Å². The number of allylic oxidation sites excluding steroid dienone is 1. The van der Waals surface area contributed by atoms with E-state index in [4.69, 9.17) is 16.0 Å². The molecule has 2 aromatic rings. The fourth-order valence-electron chi connectivity index (χ4n) is 1.48. The summed E-state index contributed by atoms with van der Waals surface area (Å²) in [5.41, 5.74) is 0.191. The summed E-state index contributed by atoms with van der Waals surface area (Å²) < 4.78 is 18.6. The molecule has 1 heterocycles. The van der Waals surface area contributed by atoms with E-state index in [0.717, 1.165) is 0 Å². The standard InChI is InChI=1S/C14H10ClFO2/c1-9-5-8-14(18-9)13(17)7-6-10-11(15)3-2-4-12(10)16/h2-8H,1H3. The van der Waals surface area contributed by atoms with Crippen molar-refractivity contribution in [3.8, 4) is 0 Å². The van der Waals surface area contributed by atoms with Crippen molar-refractivity contribution < 1.29 is 13.6 Å². The summed E-state index contributed by atoms with van der Waals surface area (Å²) in [7, 11) is 0. The molecule has 0 atom stereocenters. The molecule has 2 rings (SSSR count). The lowest BCUT2D eigenvalue weighted by Gasteiger charge is -1.98. The van der Waals surface area contributed by atoms with Crippen molar-refractivity contribution in [2.24, 2.45) is 0 Å². The van der Waals surface area contributed by atoms with Crippen LogP contribution in [0.2, 0.25) is 5.02 Å². The molecule has 0 spiro atoms. The number of carbonyl (C=O) groups is 1. The van der Waals surface area contributed by atoms with Crippen molar-refractivity contribution in [2.45, 2.75) is 6.92 Å². The molecule has 1 aromatic carbocycles. The molecule has 1 aromatic heterocycles. The fraction of sp³-hybridized carbons (Fsp3) is 0.0714. The van der Waals surface area contributed by atoms with Gasteiger partial charge in [0, 0.05) is 5.56 Å². The van der Waals surface area contributed by atoms with Gasteiger partial charge in [0.2, 0.25) is 5.78 Å². The zero-order chi connectivity index (χ0) is 13.1. The first-order valence-electron chi connectivity index (χ1n) is 5.31. The molecule has 0 aliphatic rings. The SMILES string of the molecule is Cc1ccc(C(=O)C=Cc2c(F)cccc2Cl)o1. The highest BCUT2D eigenvalue weighted by Crippen LogP contribution is 2.20. The average molecular weight is 265 g/mol. The lowest BCUT2D eigenvalue weighted by Crippen LogP contribution is -1.91. The van der Waals surface area contributed by atoms with Gasteiger partial charge in [0.05, 0.1) is 5.02 Å². The second-order valence-corrected chi connectivity index (χ2v) is 4.15. The van der Waals surface area contributed by atoms with Gasteiger partial charge in [-0.25, -0.2) is 4.39 Å². The number of halogens is 2. The molecule has 4 heteroatoms. The summed E-state index contributed by atoms with van der Waals surface area (Å²) in [4.78, 5) is 11.7. The Bertz CT molecular complexity index is 594. The minimum atomic E-state index is -0.470. The Hall–Kier alpha value is -1.87. The van der Waals surface area contributed by atoms with Gasteiger partial charge in [-0.05, 0) is 43.3 Å². The van der Waals surface area contributed by atoms with Gasteiger partial charge < -0.3 is 4.42 Å². The van der Waals surface area contributed by atoms with Crippen LogP contribution in [0.15, 0.2) is 40.8 Å². The lowest BCUT2D eigenvalue weighted by molar-refractivity contribution is 0.102. The van der Waals surface area contributed by atoms with Gasteiger partial charge >= 0.3 is 0 Å². The van der Waals surface area contributed by atoms with Crippen molar-refractivity contribution in [2.75, 3.05) is 0 Å². The summed E-state index contributed by atoms with van der Waals surface area (Å²) in [6.07, 6.45) is 2.58. The molecule has 18 heavy (non-hydrogen) atoms. The van der Waals surface area contributed by atoms with E-state index in [1.165, 1.54) is 24.3 Å². The smallest absolute Gasteiger partial charge is 0.221 e. The Kier molecular flexibility index (Phi) is 3.63. The zero-order valence-electron chi connectivity index (χ0n) is 9.61. The molecule has 0 aliphatic carbocycles. The van der Waals surface area contributed by atoms with Gasteiger partial charge in [0.15, 0.2) is 5.76 Å². The van der Waals surface area contributed by atoms with Crippen LogP contribution in [-0.4, -0.2) is 5.78 Å². The van der Waals surface area contributed by atoms with Gasteiger partial charge in [-0.3, -0.25) is 4.79 Å².